The van der Waals surface area contributed by atoms with Crippen molar-refractivity contribution >= 4 is 22.6 Å². The first-order valence-electron chi connectivity index (χ1n) is 11.5. The van der Waals surface area contributed by atoms with Crippen LogP contribution in [0.15, 0.2) is 97.2 Å². The summed E-state index contributed by atoms with van der Waals surface area (Å²) in [7, 11) is 0. The Morgan fingerprint density at radius 2 is 1.21 bits per heavy atom. The lowest BCUT2D eigenvalue weighted by Gasteiger charge is -2.38. The third kappa shape index (κ3) is 5.75. The van der Waals surface area contributed by atoms with Crippen LogP contribution < -0.4 is 0 Å². The minimum atomic E-state index is -0.345. The van der Waals surface area contributed by atoms with Gasteiger partial charge in [-0.2, -0.15) is 0 Å². The highest BCUT2D eigenvalue weighted by atomic mass is 127. The monoisotopic (exact) mass is 566 g/mol. The minimum Gasteiger partial charge on any atom is -0.369 e. The predicted octanol–water partition coefficient (Wildman–Crippen LogP) is 5.93. The molecule has 0 amide bonds. The number of hydrogen-bond acceptors (Lipinski definition) is 4. The van der Waals surface area contributed by atoms with Crippen molar-refractivity contribution in [3.05, 3.63) is 123 Å². The Bertz CT molecular complexity index is 1170. The van der Waals surface area contributed by atoms with Crippen LogP contribution >= 0.6 is 22.6 Å². The van der Waals surface area contributed by atoms with Gasteiger partial charge in [0.25, 0.3) is 0 Å². The number of aromatic nitrogens is 2. The topological polar surface area (TPSA) is 45.5 Å². The normalized spacial score (nSPS) is 19.6. The number of nitrogens with zero attached hydrogens (tertiary/aromatic N) is 2. The van der Waals surface area contributed by atoms with Gasteiger partial charge in [-0.3, -0.25) is 0 Å². The molecule has 1 aliphatic rings. The summed E-state index contributed by atoms with van der Waals surface area (Å²) in [4.78, 5) is 4.79. The lowest BCUT2D eigenvalue weighted by molar-refractivity contribution is -0.171. The third-order valence-electron chi connectivity index (χ3n) is 5.94. The Hall–Kier alpha value is -2.52. The zero-order chi connectivity index (χ0) is 23.2. The van der Waals surface area contributed by atoms with Crippen molar-refractivity contribution < 1.29 is 14.2 Å². The highest BCUT2D eigenvalue weighted by molar-refractivity contribution is 14.1. The quantitative estimate of drug-likeness (QED) is 0.236. The van der Waals surface area contributed by atoms with E-state index < -0.39 is 0 Å². The summed E-state index contributed by atoms with van der Waals surface area (Å²) in [6.07, 6.45) is 1.24. The van der Waals surface area contributed by atoms with Gasteiger partial charge in [-0.1, -0.05) is 91.0 Å². The average Bonchev–Trinajstić information content (AvgIpc) is 3.26. The predicted molar refractivity (Wildman–Crippen MR) is 139 cm³/mol. The molecular weight excluding hydrogens is 539 g/mol. The number of fused-ring (bicyclic) bond motifs is 1. The van der Waals surface area contributed by atoms with E-state index in [2.05, 4.69) is 69.8 Å². The summed E-state index contributed by atoms with van der Waals surface area (Å²) in [5.41, 5.74) is 3.37. The van der Waals surface area contributed by atoms with E-state index in [1.54, 1.807) is 0 Å². The molecule has 34 heavy (non-hydrogen) atoms. The third-order valence-corrected chi connectivity index (χ3v) is 6.46. The standard InChI is InChI=1S/C28H27IN2O3/c29-25-17-31-16-24(32-18-21-10-4-1-5-11-21)26(33-19-22-12-6-2-7-13-22)27(28(31)30-25)34-20-23-14-8-3-9-15-23/h1-15,17,24,26-27H,16,18-20H2/t24-,26-,27+/m0/s1. The molecule has 6 heteroatoms. The maximum atomic E-state index is 6.53. The fourth-order valence-corrected chi connectivity index (χ4v) is 4.81. The molecule has 2 heterocycles. The molecule has 3 atom stereocenters. The molecule has 5 rings (SSSR count). The second kappa shape index (κ2) is 11.3. The van der Waals surface area contributed by atoms with Crippen LogP contribution in [-0.4, -0.2) is 21.8 Å². The van der Waals surface area contributed by atoms with Gasteiger partial charge < -0.3 is 18.8 Å². The molecule has 174 valence electrons. The van der Waals surface area contributed by atoms with Gasteiger partial charge in [0.05, 0.1) is 26.4 Å². The second-order valence-electron chi connectivity index (χ2n) is 8.39. The van der Waals surface area contributed by atoms with E-state index in [0.29, 0.717) is 26.4 Å². The van der Waals surface area contributed by atoms with Crippen molar-refractivity contribution in [3.63, 3.8) is 0 Å². The Morgan fingerprint density at radius 1 is 0.706 bits per heavy atom. The summed E-state index contributed by atoms with van der Waals surface area (Å²) in [5.74, 6) is 0.887. The Kier molecular flexibility index (Phi) is 7.70. The van der Waals surface area contributed by atoms with E-state index in [1.165, 1.54) is 0 Å². The van der Waals surface area contributed by atoms with Crippen LogP contribution in [0.4, 0.5) is 0 Å². The van der Waals surface area contributed by atoms with Crippen LogP contribution in [0.3, 0.4) is 0 Å². The fourth-order valence-electron chi connectivity index (χ4n) is 4.23. The van der Waals surface area contributed by atoms with Crippen molar-refractivity contribution in [2.45, 2.75) is 44.7 Å². The number of benzene rings is 3. The molecule has 0 saturated heterocycles. The van der Waals surface area contributed by atoms with E-state index in [4.69, 9.17) is 19.2 Å². The van der Waals surface area contributed by atoms with Gasteiger partial charge in [-0.05, 0) is 39.3 Å². The Labute approximate surface area is 213 Å². The Balaban J connectivity index is 1.41. The van der Waals surface area contributed by atoms with E-state index in [0.717, 1.165) is 26.2 Å². The lowest BCUT2D eigenvalue weighted by Crippen LogP contribution is -2.45. The summed E-state index contributed by atoms with van der Waals surface area (Å²) in [6, 6.07) is 30.7. The van der Waals surface area contributed by atoms with Crippen molar-refractivity contribution in [2.75, 3.05) is 0 Å². The summed E-state index contributed by atoms with van der Waals surface area (Å²) < 4.78 is 22.6. The molecule has 0 aliphatic carbocycles. The van der Waals surface area contributed by atoms with Crippen LogP contribution in [0.5, 0.6) is 0 Å². The smallest absolute Gasteiger partial charge is 0.144 e. The minimum absolute atomic E-state index is 0.179. The summed E-state index contributed by atoms with van der Waals surface area (Å²) >= 11 is 2.26. The maximum Gasteiger partial charge on any atom is 0.144 e. The van der Waals surface area contributed by atoms with Crippen LogP contribution in [0.25, 0.3) is 0 Å². The van der Waals surface area contributed by atoms with Gasteiger partial charge >= 0.3 is 0 Å². The van der Waals surface area contributed by atoms with Crippen molar-refractivity contribution in [1.82, 2.24) is 9.55 Å². The number of hydrogen-bond donors (Lipinski definition) is 0. The highest BCUT2D eigenvalue weighted by Crippen LogP contribution is 2.34. The SMILES string of the molecule is Ic1cn2c(n1)[C@H](OCc1ccccc1)[C@@H](OCc1ccccc1)[C@@H](OCc1ccccc1)C2. The molecular formula is C28H27IN2O3. The Morgan fingerprint density at radius 3 is 1.76 bits per heavy atom. The molecule has 5 nitrogen and oxygen atoms in total. The van der Waals surface area contributed by atoms with Crippen LogP contribution in [0, 0.1) is 3.70 Å². The van der Waals surface area contributed by atoms with E-state index in [9.17, 15) is 0 Å². The molecule has 0 unspecified atom stereocenters. The molecule has 3 aromatic carbocycles. The van der Waals surface area contributed by atoms with Gasteiger partial charge in [0.15, 0.2) is 0 Å². The molecule has 0 bridgehead atoms. The maximum absolute atomic E-state index is 6.53. The van der Waals surface area contributed by atoms with Crippen molar-refractivity contribution in [2.24, 2.45) is 0 Å². The molecule has 0 radical (unpaired) electrons. The molecule has 4 aromatic rings. The zero-order valence-electron chi connectivity index (χ0n) is 18.8. The van der Waals surface area contributed by atoms with E-state index >= 15 is 0 Å². The van der Waals surface area contributed by atoms with Crippen molar-refractivity contribution in [1.29, 1.82) is 0 Å². The summed E-state index contributed by atoms with van der Waals surface area (Å²) in [6.45, 7) is 2.15. The fraction of sp³-hybridized carbons (Fsp3) is 0.250. The lowest BCUT2D eigenvalue weighted by atomic mass is 10.0. The van der Waals surface area contributed by atoms with Gasteiger partial charge in [-0.25, -0.2) is 4.98 Å². The average molecular weight is 566 g/mol. The molecule has 1 aromatic heterocycles. The van der Waals surface area contributed by atoms with Crippen molar-refractivity contribution in [3.8, 4) is 0 Å². The number of ether oxygens (including phenoxy) is 3. The molecule has 0 N–H and O–H groups in total. The molecule has 0 saturated carbocycles. The first-order valence-corrected chi connectivity index (χ1v) is 12.5. The first kappa shape index (κ1) is 23.2. The molecule has 0 spiro atoms. The number of rotatable bonds is 9. The molecule has 1 aliphatic heterocycles. The van der Waals surface area contributed by atoms with Gasteiger partial charge in [0, 0.05) is 6.20 Å². The van der Waals surface area contributed by atoms with Crippen LogP contribution in [-0.2, 0) is 40.6 Å². The first-order chi connectivity index (χ1) is 16.8. The van der Waals surface area contributed by atoms with E-state index in [1.807, 2.05) is 54.6 Å². The second-order valence-corrected chi connectivity index (χ2v) is 9.49. The van der Waals surface area contributed by atoms with Crippen LogP contribution in [0.1, 0.15) is 28.6 Å². The highest BCUT2D eigenvalue weighted by Gasteiger charge is 2.41. The van der Waals surface area contributed by atoms with E-state index in [-0.39, 0.29) is 18.3 Å². The van der Waals surface area contributed by atoms with Gasteiger partial charge in [0.2, 0.25) is 0 Å². The summed E-state index contributed by atoms with van der Waals surface area (Å²) in [5, 5.41) is 0. The number of imidazole rings is 1. The zero-order valence-corrected chi connectivity index (χ0v) is 21.0. The van der Waals surface area contributed by atoms with Gasteiger partial charge in [-0.15, -0.1) is 0 Å². The molecule has 0 fully saturated rings. The largest absolute Gasteiger partial charge is 0.369 e. The van der Waals surface area contributed by atoms with Crippen LogP contribution in [0.2, 0.25) is 0 Å². The van der Waals surface area contributed by atoms with Gasteiger partial charge in [0.1, 0.15) is 27.8 Å². The number of halogens is 1.